The molecule has 0 unspecified atom stereocenters. The summed E-state index contributed by atoms with van der Waals surface area (Å²) in [5.74, 6) is -0.269. The third-order valence-electron chi connectivity index (χ3n) is 0.966. The molecule has 1 amide bonds. The van der Waals surface area contributed by atoms with Gasteiger partial charge in [0, 0.05) is 0 Å². The molecule has 0 aliphatic carbocycles. The van der Waals surface area contributed by atoms with Gasteiger partial charge in [-0.2, -0.15) is 0 Å². The van der Waals surface area contributed by atoms with Gasteiger partial charge in [-0.25, -0.2) is 0 Å². The van der Waals surface area contributed by atoms with E-state index in [1.807, 2.05) is 18.9 Å². The first-order valence-corrected chi connectivity index (χ1v) is 2.63. The van der Waals surface area contributed by atoms with Gasteiger partial charge in [-0.15, -0.1) is 12.4 Å². The van der Waals surface area contributed by atoms with Crippen molar-refractivity contribution in [3.8, 4) is 0 Å². The highest BCUT2D eigenvalue weighted by Crippen LogP contribution is 1.75. The van der Waals surface area contributed by atoms with Crippen LogP contribution in [0.5, 0.6) is 0 Å². The Balaban J connectivity index is 0. The monoisotopic (exact) mass is 152 g/mol. The van der Waals surface area contributed by atoms with Crippen LogP contribution in [0, 0.1) is 0 Å². The van der Waals surface area contributed by atoms with E-state index in [2.05, 4.69) is 0 Å². The van der Waals surface area contributed by atoms with E-state index in [0.717, 1.165) is 6.54 Å². The molecule has 0 aromatic heterocycles. The lowest BCUT2D eigenvalue weighted by atomic mass is 10.5. The highest BCUT2D eigenvalue weighted by atomic mass is 35.5. The molecule has 0 aliphatic rings. The first kappa shape index (κ1) is 11.5. The Bertz CT molecular complexity index is 87.0. The molecular formula is C5H13ClN2O. The minimum atomic E-state index is -0.269. The maximum Gasteiger partial charge on any atom is 0.231 e. The molecule has 0 aliphatic heterocycles. The van der Waals surface area contributed by atoms with Gasteiger partial charge in [-0.3, -0.25) is 9.69 Å². The van der Waals surface area contributed by atoms with Gasteiger partial charge in [0.2, 0.25) is 5.91 Å². The fraction of sp³-hybridized carbons (Fsp3) is 0.800. The predicted molar refractivity (Wildman–Crippen MR) is 39.6 cm³/mol. The molecule has 0 spiro atoms. The summed E-state index contributed by atoms with van der Waals surface area (Å²) in [4.78, 5) is 12.0. The Morgan fingerprint density at radius 3 is 2.22 bits per heavy atom. The van der Waals surface area contributed by atoms with Crippen LogP contribution < -0.4 is 5.73 Å². The van der Waals surface area contributed by atoms with Gasteiger partial charge in [0.1, 0.15) is 0 Å². The van der Waals surface area contributed by atoms with Crippen molar-refractivity contribution in [2.24, 2.45) is 5.73 Å². The van der Waals surface area contributed by atoms with E-state index in [4.69, 9.17) is 5.73 Å². The van der Waals surface area contributed by atoms with Gasteiger partial charge in [0.05, 0.1) is 6.54 Å². The van der Waals surface area contributed by atoms with Crippen molar-refractivity contribution in [3.63, 3.8) is 0 Å². The lowest BCUT2D eigenvalue weighted by molar-refractivity contribution is -0.118. The van der Waals surface area contributed by atoms with E-state index in [-0.39, 0.29) is 18.3 Å². The molecule has 0 aromatic rings. The Labute approximate surface area is 61.6 Å². The number of primary amides is 1. The zero-order valence-corrected chi connectivity index (χ0v) is 6.57. The Morgan fingerprint density at radius 1 is 1.67 bits per heavy atom. The quantitative estimate of drug-likeness (QED) is 0.611. The highest BCUT2D eigenvalue weighted by molar-refractivity contribution is 5.85. The molecule has 3 nitrogen and oxygen atoms in total. The average molecular weight is 153 g/mol. The molecule has 56 valence electrons. The van der Waals surface area contributed by atoms with E-state index in [0.29, 0.717) is 6.54 Å². The number of carbonyl (C=O) groups is 1. The van der Waals surface area contributed by atoms with Crippen molar-refractivity contribution in [1.82, 2.24) is 4.90 Å². The number of carbonyl (C=O) groups excluding carboxylic acids is 1. The fourth-order valence-electron chi connectivity index (χ4n) is 0.378. The number of hydrogen-bond donors (Lipinski definition) is 1. The Hall–Kier alpha value is -0.280. The lowest BCUT2D eigenvalue weighted by Gasteiger charge is -2.08. The van der Waals surface area contributed by atoms with Crippen LogP contribution in [0.4, 0.5) is 0 Å². The maximum absolute atomic E-state index is 10.1. The zero-order chi connectivity index (χ0) is 6.57. The molecule has 4 heteroatoms. The summed E-state index contributed by atoms with van der Waals surface area (Å²) in [6.45, 7) is 3.20. The van der Waals surface area contributed by atoms with Crippen LogP contribution in [0.1, 0.15) is 6.92 Å². The largest absolute Gasteiger partial charge is 0.369 e. The summed E-state index contributed by atoms with van der Waals surface area (Å²) >= 11 is 0. The number of likely N-dealkylation sites (N-methyl/N-ethyl adjacent to an activating group) is 1. The number of halogens is 1. The second kappa shape index (κ2) is 5.85. The summed E-state index contributed by atoms with van der Waals surface area (Å²) in [6.07, 6.45) is 0. The lowest BCUT2D eigenvalue weighted by Crippen LogP contribution is -2.30. The third kappa shape index (κ3) is 7.72. The molecule has 0 saturated carbocycles. The van der Waals surface area contributed by atoms with Crippen molar-refractivity contribution >= 4 is 18.3 Å². The van der Waals surface area contributed by atoms with E-state index in [9.17, 15) is 4.79 Å². The molecule has 2 N–H and O–H groups in total. The van der Waals surface area contributed by atoms with Crippen LogP contribution in [0.25, 0.3) is 0 Å². The summed E-state index contributed by atoms with van der Waals surface area (Å²) in [5, 5.41) is 0. The standard InChI is InChI=1S/C5H12N2O.ClH/c1-3-7(2)4-5(6)8;/h3-4H2,1-2H3,(H2,6,8);1H. The molecule has 0 rings (SSSR count). The molecule has 0 heterocycles. The van der Waals surface area contributed by atoms with Gasteiger partial charge >= 0.3 is 0 Å². The van der Waals surface area contributed by atoms with Crippen LogP contribution in [0.15, 0.2) is 0 Å². The SMILES string of the molecule is CCN(C)CC(N)=O.Cl. The van der Waals surface area contributed by atoms with Crippen LogP contribution in [-0.2, 0) is 4.79 Å². The average Bonchev–Trinajstić information content (AvgIpc) is 1.65. The molecule has 0 radical (unpaired) electrons. The third-order valence-corrected chi connectivity index (χ3v) is 0.966. The van der Waals surface area contributed by atoms with Gasteiger partial charge < -0.3 is 5.73 Å². The van der Waals surface area contributed by atoms with Crippen LogP contribution in [-0.4, -0.2) is 30.9 Å². The van der Waals surface area contributed by atoms with E-state index < -0.39 is 0 Å². The summed E-state index contributed by atoms with van der Waals surface area (Å²) in [6, 6.07) is 0. The highest BCUT2D eigenvalue weighted by Gasteiger charge is 1.96. The van der Waals surface area contributed by atoms with E-state index >= 15 is 0 Å². The van der Waals surface area contributed by atoms with Crippen molar-refractivity contribution in [3.05, 3.63) is 0 Å². The van der Waals surface area contributed by atoms with E-state index in [1.165, 1.54) is 0 Å². The maximum atomic E-state index is 10.1. The Kier molecular flexibility index (Phi) is 7.48. The minimum absolute atomic E-state index is 0. The van der Waals surface area contributed by atoms with Crippen molar-refractivity contribution < 1.29 is 4.79 Å². The van der Waals surface area contributed by atoms with Gasteiger partial charge in [-0.1, -0.05) is 6.92 Å². The van der Waals surface area contributed by atoms with Crippen molar-refractivity contribution in [1.29, 1.82) is 0 Å². The normalized spacial score (nSPS) is 8.78. The molecular weight excluding hydrogens is 140 g/mol. The van der Waals surface area contributed by atoms with Gasteiger partial charge in [-0.05, 0) is 13.6 Å². The molecule has 0 bridgehead atoms. The minimum Gasteiger partial charge on any atom is -0.369 e. The topological polar surface area (TPSA) is 46.3 Å². The van der Waals surface area contributed by atoms with E-state index in [1.54, 1.807) is 0 Å². The molecule has 0 atom stereocenters. The smallest absolute Gasteiger partial charge is 0.231 e. The van der Waals surface area contributed by atoms with Crippen LogP contribution >= 0.6 is 12.4 Å². The molecule has 0 fully saturated rings. The summed E-state index contributed by atoms with van der Waals surface area (Å²) in [7, 11) is 1.85. The Morgan fingerprint density at radius 2 is 2.11 bits per heavy atom. The van der Waals surface area contributed by atoms with Crippen molar-refractivity contribution in [2.45, 2.75) is 6.92 Å². The second-order valence-electron chi connectivity index (χ2n) is 1.80. The number of amides is 1. The predicted octanol–water partition coefficient (Wildman–Crippen LogP) is -0.155. The van der Waals surface area contributed by atoms with Crippen LogP contribution in [0.3, 0.4) is 0 Å². The summed E-state index contributed by atoms with van der Waals surface area (Å²) < 4.78 is 0. The number of nitrogens with zero attached hydrogens (tertiary/aromatic N) is 1. The van der Waals surface area contributed by atoms with Gasteiger partial charge in [0.15, 0.2) is 0 Å². The number of nitrogens with two attached hydrogens (primary N) is 1. The fourth-order valence-corrected chi connectivity index (χ4v) is 0.378. The van der Waals surface area contributed by atoms with Crippen molar-refractivity contribution in [2.75, 3.05) is 20.1 Å². The zero-order valence-electron chi connectivity index (χ0n) is 5.76. The summed E-state index contributed by atoms with van der Waals surface area (Å²) in [5.41, 5.74) is 4.89. The molecule has 0 aromatic carbocycles. The number of hydrogen-bond acceptors (Lipinski definition) is 2. The first-order chi connectivity index (χ1) is 3.66. The number of rotatable bonds is 3. The molecule has 9 heavy (non-hydrogen) atoms. The first-order valence-electron chi connectivity index (χ1n) is 2.63. The van der Waals surface area contributed by atoms with Gasteiger partial charge in [0.25, 0.3) is 0 Å². The second-order valence-corrected chi connectivity index (χ2v) is 1.80. The van der Waals surface area contributed by atoms with Crippen LogP contribution in [0.2, 0.25) is 0 Å². The molecule has 0 saturated heterocycles.